The zero-order valence-electron chi connectivity index (χ0n) is 6.82. The standard InChI is InChI=1S/C9H12O3/c1-3-5-8(4-2)6-12-7-9(10)11/h3-5H,1-2,6-7H2,(H,10,11)/b8-5+. The molecule has 0 fully saturated rings. The Labute approximate surface area is 71.7 Å². The van der Waals surface area contributed by atoms with E-state index in [9.17, 15) is 4.79 Å². The van der Waals surface area contributed by atoms with Crippen LogP contribution in [0, 0.1) is 0 Å². The average molecular weight is 168 g/mol. The predicted octanol–water partition coefficient (Wildman–Crippen LogP) is 1.39. The number of carboxylic acid groups (broad SMARTS) is 1. The Morgan fingerprint density at radius 3 is 2.50 bits per heavy atom. The summed E-state index contributed by atoms with van der Waals surface area (Å²) in [7, 11) is 0. The van der Waals surface area contributed by atoms with Gasteiger partial charge in [0.25, 0.3) is 0 Å². The molecule has 0 aromatic heterocycles. The van der Waals surface area contributed by atoms with E-state index in [4.69, 9.17) is 9.84 Å². The third-order valence-corrected chi connectivity index (χ3v) is 1.09. The SMILES string of the molecule is C=C/C=C(\C=C)COCC(=O)O. The van der Waals surface area contributed by atoms with Crippen molar-refractivity contribution in [2.75, 3.05) is 13.2 Å². The Balaban J connectivity index is 3.73. The second-order valence-corrected chi connectivity index (χ2v) is 2.07. The summed E-state index contributed by atoms with van der Waals surface area (Å²) in [5, 5.41) is 8.24. The van der Waals surface area contributed by atoms with Crippen molar-refractivity contribution in [3.63, 3.8) is 0 Å². The van der Waals surface area contributed by atoms with Crippen molar-refractivity contribution in [2.24, 2.45) is 0 Å². The number of aliphatic carboxylic acids is 1. The molecule has 66 valence electrons. The van der Waals surface area contributed by atoms with Gasteiger partial charge in [0.2, 0.25) is 0 Å². The fourth-order valence-electron chi connectivity index (χ4n) is 0.583. The van der Waals surface area contributed by atoms with E-state index in [-0.39, 0.29) is 13.2 Å². The van der Waals surface area contributed by atoms with Crippen molar-refractivity contribution >= 4 is 5.97 Å². The first kappa shape index (κ1) is 10.7. The fraction of sp³-hybridized carbons (Fsp3) is 0.222. The molecule has 0 aliphatic carbocycles. The largest absolute Gasteiger partial charge is 0.480 e. The maximum Gasteiger partial charge on any atom is 0.329 e. The highest BCUT2D eigenvalue weighted by Gasteiger charge is 1.96. The van der Waals surface area contributed by atoms with Gasteiger partial charge < -0.3 is 9.84 Å². The summed E-state index contributed by atoms with van der Waals surface area (Å²) in [4.78, 5) is 10.0. The number of ether oxygens (including phenoxy) is 1. The minimum Gasteiger partial charge on any atom is -0.480 e. The van der Waals surface area contributed by atoms with E-state index < -0.39 is 5.97 Å². The third kappa shape index (κ3) is 5.44. The van der Waals surface area contributed by atoms with Gasteiger partial charge in [-0.25, -0.2) is 4.79 Å². The van der Waals surface area contributed by atoms with Gasteiger partial charge >= 0.3 is 5.97 Å². The smallest absolute Gasteiger partial charge is 0.329 e. The summed E-state index contributed by atoms with van der Waals surface area (Å²) in [6.45, 7) is 6.99. The van der Waals surface area contributed by atoms with Gasteiger partial charge in [0.05, 0.1) is 6.61 Å². The van der Waals surface area contributed by atoms with Crippen molar-refractivity contribution in [3.05, 3.63) is 37.0 Å². The Morgan fingerprint density at radius 1 is 1.42 bits per heavy atom. The van der Waals surface area contributed by atoms with Crippen LogP contribution in [0.25, 0.3) is 0 Å². The molecule has 0 saturated carbocycles. The van der Waals surface area contributed by atoms with Gasteiger partial charge in [-0.05, 0) is 5.57 Å². The number of allylic oxidation sites excluding steroid dienone is 2. The second kappa shape index (κ2) is 6.37. The van der Waals surface area contributed by atoms with Gasteiger partial charge in [-0.15, -0.1) is 0 Å². The Bertz CT molecular complexity index is 204. The molecule has 0 aromatic rings. The van der Waals surface area contributed by atoms with Crippen molar-refractivity contribution in [1.82, 2.24) is 0 Å². The van der Waals surface area contributed by atoms with Gasteiger partial charge in [0, 0.05) is 0 Å². The van der Waals surface area contributed by atoms with Gasteiger partial charge in [0.15, 0.2) is 0 Å². The molecular weight excluding hydrogens is 156 g/mol. The van der Waals surface area contributed by atoms with Gasteiger partial charge in [0.1, 0.15) is 6.61 Å². The summed E-state index contributed by atoms with van der Waals surface area (Å²) in [5.74, 6) is -0.975. The molecule has 0 unspecified atom stereocenters. The van der Waals surface area contributed by atoms with E-state index in [1.807, 2.05) is 0 Å². The first-order valence-electron chi connectivity index (χ1n) is 3.44. The molecule has 0 radical (unpaired) electrons. The zero-order chi connectivity index (χ0) is 9.40. The van der Waals surface area contributed by atoms with E-state index in [2.05, 4.69) is 13.2 Å². The lowest BCUT2D eigenvalue weighted by Crippen LogP contribution is -2.08. The van der Waals surface area contributed by atoms with Crippen molar-refractivity contribution in [3.8, 4) is 0 Å². The molecule has 12 heavy (non-hydrogen) atoms. The Kier molecular flexibility index (Phi) is 5.65. The van der Waals surface area contributed by atoms with E-state index in [0.717, 1.165) is 5.57 Å². The fourth-order valence-corrected chi connectivity index (χ4v) is 0.583. The van der Waals surface area contributed by atoms with E-state index in [1.165, 1.54) is 0 Å². The minimum atomic E-state index is -0.975. The van der Waals surface area contributed by atoms with Crippen LogP contribution in [0.4, 0.5) is 0 Å². The summed E-state index contributed by atoms with van der Waals surface area (Å²) in [5.41, 5.74) is 0.811. The van der Waals surface area contributed by atoms with Crippen LogP contribution in [-0.2, 0) is 9.53 Å². The lowest BCUT2D eigenvalue weighted by atomic mass is 10.2. The first-order valence-corrected chi connectivity index (χ1v) is 3.44. The lowest BCUT2D eigenvalue weighted by molar-refractivity contribution is -0.141. The topological polar surface area (TPSA) is 46.5 Å². The van der Waals surface area contributed by atoms with Gasteiger partial charge in [-0.3, -0.25) is 0 Å². The highest BCUT2D eigenvalue weighted by molar-refractivity contribution is 5.68. The van der Waals surface area contributed by atoms with Crippen molar-refractivity contribution < 1.29 is 14.6 Å². The molecule has 1 N–H and O–H groups in total. The van der Waals surface area contributed by atoms with E-state index >= 15 is 0 Å². The highest BCUT2D eigenvalue weighted by atomic mass is 16.5. The maximum absolute atomic E-state index is 10.0. The van der Waals surface area contributed by atoms with Crippen molar-refractivity contribution in [2.45, 2.75) is 0 Å². The Morgan fingerprint density at radius 2 is 2.08 bits per heavy atom. The average Bonchev–Trinajstić information content (AvgIpc) is 2.02. The number of rotatable bonds is 6. The van der Waals surface area contributed by atoms with Gasteiger partial charge in [-0.1, -0.05) is 31.4 Å². The van der Waals surface area contributed by atoms with Crippen molar-refractivity contribution in [1.29, 1.82) is 0 Å². The summed E-state index contributed by atoms with van der Waals surface area (Å²) in [6.07, 6.45) is 4.92. The normalized spacial score (nSPS) is 10.8. The Hall–Kier alpha value is -1.35. The second-order valence-electron chi connectivity index (χ2n) is 2.07. The van der Waals surface area contributed by atoms with Crippen LogP contribution in [0.2, 0.25) is 0 Å². The molecule has 0 bridgehead atoms. The molecule has 0 aliphatic heterocycles. The van der Waals surface area contributed by atoms with Crippen LogP contribution in [0.5, 0.6) is 0 Å². The molecule has 0 atom stereocenters. The van der Waals surface area contributed by atoms with Crippen LogP contribution in [-0.4, -0.2) is 24.3 Å². The molecule has 0 aromatic carbocycles. The molecule has 3 heteroatoms. The quantitative estimate of drug-likeness (QED) is 0.609. The summed E-state index contributed by atoms with van der Waals surface area (Å²) < 4.78 is 4.81. The van der Waals surface area contributed by atoms with E-state index in [0.29, 0.717) is 0 Å². The molecule has 0 amide bonds. The van der Waals surface area contributed by atoms with Crippen LogP contribution in [0.15, 0.2) is 37.0 Å². The monoisotopic (exact) mass is 168 g/mol. The number of carbonyl (C=O) groups is 1. The molecule has 0 saturated heterocycles. The van der Waals surface area contributed by atoms with Crippen LogP contribution >= 0.6 is 0 Å². The van der Waals surface area contributed by atoms with Crippen LogP contribution < -0.4 is 0 Å². The molecule has 0 rings (SSSR count). The summed E-state index contributed by atoms with van der Waals surface area (Å²) >= 11 is 0. The molecule has 3 nitrogen and oxygen atoms in total. The first-order chi connectivity index (χ1) is 5.70. The molecule has 0 aliphatic rings. The minimum absolute atomic E-state index is 0.252. The number of hydrogen-bond donors (Lipinski definition) is 1. The van der Waals surface area contributed by atoms with Crippen LogP contribution in [0.3, 0.4) is 0 Å². The zero-order valence-corrected chi connectivity index (χ0v) is 6.82. The maximum atomic E-state index is 10.0. The molecular formula is C9H12O3. The number of carboxylic acids is 1. The highest BCUT2D eigenvalue weighted by Crippen LogP contribution is 1.96. The van der Waals surface area contributed by atoms with Gasteiger partial charge in [-0.2, -0.15) is 0 Å². The summed E-state index contributed by atoms with van der Waals surface area (Å²) in [6, 6.07) is 0. The van der Waals surface area contributed by atoms with E-state index in [1.54, 1.807) is 18.2 Å². The lowest BCUT2D eigenvalue weighted by Gasteiger charge is -2.00. The third-order valence-electron chi connectivity index (χ3n) is 1.09. The molecule has 0 spiro atoms. The molecule has 0 heterocycles. The van der Waals surface area contributed by atoms with Crippen LogP contribution in [0.1, 0.15) is 0 Å². The predicted molar refractivity (Wildman–Crippen MR) is 46.9 cm³/mol. The number of hydrogen-bond acceptors (Lipinski definition) is 2.